The fourth-order valence-electron chi connectivity index (χ4n) is 4.37. The van der Waals surface area contributed by atoms with Crippen molar-refractivity contribution >= 4 is 23.6 Å². The SMILES string of the molecule is CN1C(=O)C2C(C1=O)C(c1ccccc1)N(C(=O)c1ccc(F)cc1)C2C(N)=O. The Bertz CT molecular complexity index is 1010. The highest BCUT2D eigenvalue weighted by Gasteiger charge is 2.64. The number of carbonyl (C=O) groups excluding carboxylic acids is 4. The zero-order chi connectivity index (χ0) is 20.9. The largest absolute Gasteiger partial charge is 0.368 e. The molecule has 2 N–H and O–H groups in total. The standard InChI is InChI=1S/C21H18FN3O4/c1-24-20(28)14-15(21(24)29)17(18(23)26)25(16(14)11-5-3-2-4-6-11)19(27)12-7-9-13(22)10-8-12/h2-10,14-17H,1H3,(H2,23,26). The maximum atomic E-state index is 13.3. The molecule has 4 rings (SSSR count). The van der Waals surface area contributed by atoms with Crippen LogP contribution in [0, 0.1) is 17.7 Å². The van der Waals surface area contributed by atoms with E-state index in [2.05, 4.69) is 0 Å². The summed E-state index contributed by atoms with van der Waals surface area (Å²) in [4.78, 5) is 53.5. The first-order chi connectivity index (χ1) is 13.8. The summed E-state index contributed by atoms with van der Waals surface area (Å²) in [6.07, 6.45) is 0. The van der Waals surface area contributed by atoms with Crippen molar-refractivity contribution in [3.63, 3.8) is 0 Å². The van der Waals surface area contributed by atoms with Crippen LogP contribution < -0.4 is 5.73 Å². The molecule has 2 heterocycles. The second-order valence-electron chi connectivity index (χ2n) is 7.21. The van der Waals surface area contributed by atoms with E-state index in [-0.39, 0.29) is 5.56 Å². The van der Waals surface area contributed by atoms with E-state index >= 15 is 0 Å². The lowest BCUT2D eigenvalue weighted by Crippen LogP contribution is -2.50. The summed E-state index contributed by atoms with van der Waals surface area (Å²) < 4.78 is 13.3. The maximum absolute atomic E-state index is 13.3. The molecule has 4 unspecified atom stereocenters. The molecule has 0 aromatic heterocycles. The van der Waals surface area contributed by atoms with Crippen LogP contribution in [0.25, 0.3) is 0 Å². The molecule has 2 fully saturated rings. The number of rotatable bonds is 3. The minimum absolute atomic E-state index is 0.131. The maximum Gasteiger partial charge on any atom is 0.255 e. The first-order valence-electron chi connectivity index (χ1n) is 9.07. The molecule has 29 heavy (non-hydrogen) atoms. The van der Waals surface area contributed by atoms with Gasteiger partial charge in [0.1, 0.15) is 11.9 Å². The van der Waals surface area contributed by atoms with Crippen molar-refractivity contribution in [1.29, 1.82) is 0 Å². The highest BCUT2D eigenvalue weighted by atomic mass is 19.1. The van der Waals surface area contributed by atoms with Gasteiger partial charge in [0.05, 0.1) is 17.9 Å². The Kier molecular flexibility index (Phi) is 4.41. The molecule has 0 aliphatic carbocycles. The van der Waals surface area contributed by atoms with Crippen LogP contribution in [0.5, 0.6) is 0 Å². The Labute approximate surface area is 165 Å². The van der Waals surface area contributed by atoms with E-state index in [1.165, 1.54) is 24.1 Å². The third-order valence-corrected chi connectivity index (χ3v) is 5.66. The van der Waals surface area contributed by atoms with Gasteiger partial charge in [-0.25, -0.2) is 4.39 Å². The second-order valence-corrected chi connectivity index (χ2v) is 7.21. The van der Waals surface area contributed by atoms with Gasteiger partial charge in [0, 0.05) is 12.6 Å². The van der Waals surface area contributed by atoms with Gasteiger partial charge in [-0.3, -0.25) is 24.1 Å². The van der Waals surface area contributed by atoms with E-state index in [0.29, 0.717) is 5.56 Å². The molecule has 7 nitrogen and oxygen atoms in total. The highest BCUT2D eigenvalue weighted by Crippen LogP contribution is 2.50. The van der Waals surface area contributed by atoms with Gasteiger partial charge >= 0.3 is 0 Å². The van der Waals surface area contributed by atoms with Gasteiger partial charge in [0.25, 0.3) is 5.91 Å². The molecule has 8 heteroatoms. The van der Waals surface area contributed by atoms with Crippen molar-refractivity contribution in [3.05, 3.63) is 71.5 Å². The number of nitrogens with two attached hydrogens (primary N) is 1. The van der Waals surface area contributed by atoms with Gasteiger partial charge in [-0.15, -0.1) is 0 Å². The summed E-state index contributed by atoms with van der Waals surface area (Å²) in [5, 5.41) is 0. The van der Waals surface area contributed by atoms with Crippen LogP contribution >= 0.6 is 0 Å². The van der Waals surface area contributed by atoms with Crippen molar-refractivity contribution in [3.8, 4) is 0 Å². The topological polar surface area (TPSA) is 101 Å². The Morgan fingerprint density at radius 3 is 2.10 bits per heavy atom. The van der Waals surface area contributed by atoms with Crippen molar-refractivity contribution in [2.24, 2.45) is 17.6 Å². The quantitative estimate of drug-likeness (QED) is 0.787. The second kappa shape index (κ2) is 6.80. The molecule has 0 saturated carbocycles. The van der Waals surface area contributed by atoms with Crippen LogP contribution in [-0.4, -0.2) is 46.5 Å². The van der Waals surface area contributed by atoms with Gasteiger partial charge in [-0.05, 0) is 29.8 Å². The van der Waals surface area contributed by atoms with Crippen LogP contribution in [0.3, 0.4) is 0 Å². The Hall–Kier alpha value is -3.55. The molecule has 2 saturated heterocycles. The van der Waals surface area contributed by atoms with E-state index in [9.17, 15) is 23.6 Å². The fraction of sp³-hybridized carbons (Fsp3) is 0.238. The minimum atomic E-state index is -1.29. The molecule has 2 aliphatic heterocycles. The molecule has 148 valence electrons. The molecule has 0 radical (unpaired) electrons. The third kappa shape index (κ3) is 2.79. The van der Waals surface area contributed by atoms with E-state index in [0.717, 1.165) is 17.0 Å². The van der Waals surface area contributed by atoms with Crippen molar-refractivity contribution < 1.29 is 23.6 Å². The van der Waals surface area contributed by atoms with E-state index in [4.69, 9.17) is 5.73 Å². The molecule has 2 aliphatic rings. The number of nitrogens with zero attached hydrogens (tertiary/aromatic N) is 2. The minimum Gasteiger partial charge on any atom is -0.368 e. The van der Waals surface area contributed by atoms with Gasteiger partial charge in [-0.1, -0.05) is 30.3 Å². The number of carbonyl (C=O) groups is 4. The number of imide groups is 1. The smallest absolute Gasteiger partial charge is 0.255 e. The summed E-state index contributed by atoms with van der Waals surface area (Å²) in [7, 11) is 1.36. The van der Waals surface area contributed by atoms with Gasteiger partial charge < -0.3 is 10.6 Å². The lowest BCUT2D eigenvalue weighted by molar-refractivity contribution is -0.141. The number of halogens is 1. The predicted molar refractivity (Wildman–Crippen MR) is 99.5 cm³/mol. The lowest BCUT2D eigenvalue weighted by Gasteiger charge is -2.32. The fourth-order valence-corrected chi connectivity index (χ4v) is 4.37. The highest BCUT2D eigenvalue weighted by molar-refractivity contribution is 6.10. The lowest BCUT2D eigenvalue weighted by atomic mass is 9.86. The monoisotopic (exact) mass is 395 g/mol. The number of likely N-dealkylation sites (tertiary alicyclic amines) is 2. The average Bonchev–Trinajstić information content (AvgIpc) is 3.18. The number of primary amides is 1. The Balaban J connectivity index is 1.89. The number of hydrogen-bond donors (Lipinski definition) is 1. The van der Waals surface area contributed by atoms with E-state index in [1.807, 2.05) is 0 Å². The van der Waals surface area contributed by atoms with Crippen LogP contribution in [0.15, 0.2) is 54.6 Å². The van der Waals surface area contributed by atoms with Crippen LogP contribution in [0.2, 0.25) is 0 Å². The van der Waals surface area contributed by atoms with Crippen molar-refractivity contribution in [2.75, 3.05) is 7.05 Å². The van der Waals surface area contributed by atoms with Crippen molar-refractivity contribution in [1.82, 2.24) is 9.80 Å². The van der Waals surface area contributed by atoms with Gasteiger partial charge in [0.15, 0.2) is 0 Å². The first kappa shape index (κ1) is 18.8. The van der Waals surface area contributed by atoms with Gasteiger partial charge in [0.2, 0.25) is 17.7 Å². The molecule has 0 bridgehead atoms. The Morgan fingerprint density at radius 2 is 1.52 bits per heavy atom. The zero-order valence-corrected chi connectivity index (χ0v) is 15.5. The summed E-state index contributed by atoms with van der Waals surface area (Å²) >= 11 is 0. The predicted octanol–water partition coefficient (Wildman–Crippen LogP) is 1.11. The van der Waals surface area contributed by atoms with Crippen LogP contribution in [0.1, 0.15) is 22.0 Å². The normalized spacial score (nSPS) is 26.0. The molecular weight excluding hydrogens is 377 g/mol. The zero-order valence-electron chi connectivity index (χ0n) is 15.5. The summed E-state index contributed by atoms with van der Waals surface area (Å²) in [6, 6.07) is 11.4. The summed E-state index contributed by atoms with van der Waals surface area (Å²) in [6.45, 7) is 0. The molecule has 2 aromatic carbocycles. The van der Waals surface area contributed by atoms with Crippen molar-refractivity contribution in [2.45, 2.75) is 12.1 Å². The number of hydrogen-bond acceptors (Lipinski definition) is 4. The van der Waals surface area contributed by atoms with Crippen LogP contribution in [0.4, 0.5) is 4.39 Å². The first-order valence-corrected chi connectivity index (χ1v) is 9.07. The number of amides is 4. The average molecular weight is 395 g/mol. The number of fused-ring (bicyclic) bond motifs is 1. The molecule has 2 aromatic rings. The molecule has 4 amide bonds. The molecule has 4 atom stereocenters. The molecule has 0 spiro atoms. The summed E-state index contributed by atoms with van der Waals surface area (Å²) in [5.74, 6) is -4.96. The van der Waals surface area contributed by atoms with E-state index < -0.39 is 53.4 Å². The third-order valence-electron chi connectivity index (χ3n) is 5.66. The Morgan fingerprint density at radius 1 is 0.931 bits per heavy atom. The number of benzene rings is 2. The van der Waals surface area contributed by atoms with Gasteiger partial charge in [-0.2, -0.15) is 0 Å². The molecular formula is C21H18FN3O4. The summed E-state index contributed by atoms with van der Waals surface area (Å²) in [5.41, 5.74) is 6.34. The van der Waals surface area contributed by atoms with E-state index in [1.54, 1.807) is 30.3 Å². The van der Waals surface area contributed by atoms with Crippen LogP contribution in [-0.2, 0) is 14.4 Å².